The van der Waals surface area contributed by atoms with Gasteiger partial charge in [0, 0.05) is 25.7 Å². The van der Waals surface area contributed by atoms with Crippen molar-refractivity contribution in [3.63, 3.8) is 0 Å². The first-order valence-electron chi connectivity index (χ1n) is 6.18. The predicted octanol–water partition coefficient (Wildman–Crippen LogP) is 1.25. The summed E-state index contributed by atoms with van der Waals surface area (Å²) in [7, 11) is 1.83. The molecule has 0 atom stereocenters. The molecule has 0 radical (unpaired) electrons. The van der Waals surface area contributed by atoms with Gasteiger partial charge in [-0.3, -0.25) is 4.79 Å². The van der Waals surface area contributed by atoms with Gasteiger partial charge in [-0.15, -0.1) is 0 Å². The average molecular weight is 243 g/mol. The summed E-state index contributed by atoms with van der Waals surface area (Å²) in [5.41, 5.74) is 3.52. The summed E-state index contributed by atoms with van der Waals surface area (Å²) in [4.78, 5) is 13.3. The van der Waals surface area contributed by atoms with E-state index in [0.29, 0.717) is 13.0 Å². The van der Waals surface area contributed by atoms with Gasteiger partial charge in [0.25, 0.3) is 0 Å². The van der Waals surface area contributed by atoms with Gasteiger partial charge in [-0.2, -0.15) is 5.26 Å². The number of hydrogen-bond acceptors (Lipinski definition) is 3. The van der Waals surface area contributed by atoms with Crippen molar-refractivity contribution in [1.82, 2.24) is 5.32 Å². The maximum atomic E-state index is 11.6. The Kier molecular flexibility index (Phi) is 3.96. The zero-order valence-corrected chi connectivity index (χ0v) is 10.6. The number of amides is 1. The second-order valence-electron chi connectivity index (χ2n) is 4.50. The molecular weight excluding hydrogens is 226 g/mol. The van der Waals surface area contributed by atoms with Crippen molar-refractivity contribution in [2.45, 2.75) is 19.3 Å². The lowest BCUT2D eigenvalue weighted by atomic mass is 9.98. The molecule has 1 amide bonds. The second kappa shape index (κ2) is 5.65. The van der Waals surface area contributed by atoms with Crippen LogP contribution in [0.5, 0.6) is 0 Å². The van der Waals surface area contributed by atoms with Gasteiger partial charge >= 0.3 is 0 Å². The Morgan fingerprint density at radius 2 is 2.28 bits per heavy atom. The van der Waals surface area contributed by atoms with E-state index in [2.05, 4.69) is 23.5 Å². The van der Waals surface area contributed by atoms with Crippen LogP contribution in [0.25, 0.3) is 0 Å². The average Bonchev–Trinajstić information content (AvgIpc) is 2.39. The first-order chi connectivity index (χ1) is 8.72. The van der Waals surface area contributed by atoms with Crippen molar-refractivity contribution in [1.29, 1.82) is 5.26 Å². The molecule has 1 aromatic carbocycles. The van der Waals surface area contributed by atoms with E-state index in [9.17, 15) is 4.79 Å². The molecule has 0 fully saturated rings. The predicted molar refractivity (Wildman–Crippen MR) is 70.4 cm³/mol. The Labute approximate surface area is 107 Å². The zero-order chi connectivity index (χ0) is 13.0. The molecule has 1 aromatic rings. The Morgan fingerprint density at radius 3 is 3.06 bits per heavy atom. The van der Waals surface area contributed by atoms with Crippen LogP contribution < -0.4 is 10.2 Å². The number of benzene rings is 1. The molecule has 18 heavy (non-hydrogen) atoms. The number of hydrogen-bond donors (Lipinski definition) is 1. The summed E-state index contributed by atoms with van der Waals surface area (Å²) in [6.07, 6.45) is 2.34. The summed E-state index contributed by atoms with van der Waals surface area (Å²) in [5.74, 6) is 0.186. The molecule has 1 heterocycles. The molecule has 1 N–H and O–H groups in total. The van der Waals surface area contributed by atoms with E-state index in [1.165, 1.54) is 11.1 Å². The number of carbonyl (C=O) groups excluding carboxylic acids is 1. The molecule has 0 spiro atoms. The molecule has 0 bridgehead atoms. The van der Waals surface area contributed by atoms with E-state index in [1.807, 2.05) is 13.1 Å². The third-order valence-corrected chi connectivity index (χ3v) is 3.28. The minimum absolute atomic E-state index is 0.186. The second-order valence-corrected chi connectivity index (χ2v) is 4.50. The number of nitriles is 1. The fourth-order valence-electron chi connectivity index (χ4n) is 2.24. The standard InChI is InChI=1S/C14H17N3O/c1-17-13-4-2-11(6-8-16-9-7-15)10-12(13)3-5-14(17)18/h2,4,10,16H,3,5-6,8-9H2,1H3. The summed E-state index contributed by atoms with van der Waals surface area (Å²) < 4.78 is 0. The highest BCUT2D eigenvalue weighted by Crippen LogP contribution is 2.27. The molecule has 0 aliphatic carbocycles. The van der Waals surface area contributed by atoms with Gasteiger partial charge in [0.05, 0.1) is 12.6 Å². The number of nitrogens with one attached hydrogen (secondary N) is 1. The number of carbonyl (C=O) groups is 1. The Morgan fingerprint density at radius 1 is 1.44 bits per heavy atom. The van der Waals surface area contributed by atoms with Gasteiger partial charge < -0.3 is 10.2 Å². The maximum absolute atomic E-state index is 11.6. The fourth-order valence-corrected chi connectivity index (χ4v) is 2.24. The van der Waals surface area contributed by atoms with E-state index in [-0.39, 0.29) is 5.91 Å². The highest BCUT2D eigenvalue weighted by atomic mass is 16.2. The van der Waals surface area contributed by atoms with Gasteiger partial charge in [-0.05, 0) is 30.0 Å². The maximum Gasteiger partial charge on any atom is 0.227 e. The van der Waals surface area contributed by atoms with E-state index >= 15 is 0 Å². The van der Waals surface area contributed by atoms with Crippen molar-refractivity contribution in [2.24, 2.45) is 0 Å². The van der Waals surface area contributed by atoms with Crippen LogP contribution in [0.4, 0.5) is 5.69 Å². The summed E-state index contributed by atoms with van der Waals surface area (Å²) >= 11 is 0. The molecule has 2 rings (SSSR count). The van der Waals surface area contributed by atoms with Crippen LogP contribution in [0.1, 0.15) is 17.5 Å². The minimum atomic E-state index is 0.186. The molecular formula is C14H17N3O. The highest BCUT2D eigenvalue weighted by Gasteiger charge is 2.20. The highest BCUT2D eigenvalue weighted by molar-refractivity contribution is 5.95. The Balaban J connectivity index is 2.04. The van der Waals surface area contributed by atoms with Crippen LogP contribution >= 0.6 is 0 Å². The smallest absolute Gasteiger partial charge is 0.227 e. The lowest BCUT2D eigenvalue weighted by Crippen LogP contribution is -2.31. The third kappa shape index (κ3) is 2.69. The summed E-state index contributed by atoms with van der Waals surface area (Å²) in [6.45, 7) is 1.20. The van der Waals surface area contributed by atoms with Crippen molar-refractivity contribution < 1.29 is 4.79 Å². The normalized spacial score (nSPS) is 14.2. The number of fused-ring (bicyclic) bond motifs is 1. The van der Waals surface area contributed by atoms with E-state index in [4.69, 9.17) is 5.26 Å². The molecule has 4 nitrogen and oxygen atoms in total. The number of rotatable bonds is 4. The lowest BCUT2D eigenvalue weighted by Gasteiger charge is -2.26. The van der Waals surface area contributed by atoms with Crippen LogP contribution in [0.15, 0.2) is 18.2 Å². The first-order valence-corrected chi connectivity index (χ1v) is 6.18. The van der Waals surface area contributed by atoms with E-state index in [0.717, 1.165) is 25.1 Å². The largest absolute Gasteiger partial charge is 0.315 e. The Hall–Kier alpha value is -1.86. The topological polar surface area (TPSA) is 56.1 Å². The van der Waals surface area contributed by atoms with Gasteiger partial charge in [0.15, 0.2) is 0 Å². The number of nitrogens with zero attached hydrogens (tertiary/aromatic N) is 2. The lowest BCUT2D eigenvalue weighted by molar-refractivity contribution is -0.118. The van der Waals surface area contributed by atoms with Crippen LogP contribution in [0, 0.1) is 11.3 Å². The van der Waals surface area contributed by atoms with Gasteiger partial charge in [0.2, 0.25) is 5.91 Å². The van der Waals surface area contributed by atoms with E-state index in [1.54, 1.807) is 4.90 Å². The van der Waals surface area contributed by atoms with Crippen molar-refractivity contribution in [3.8, 4) is 6.07 Å². The monoisotopic (exact) mass is 243 g/mol. The number of aryl methyl sites for hydroxylation is 1. The number of anilines is 1. The molecule has 1 aliphatic rings. The van der Waals surface area contributed by atoms with Crippen LogP contribution in [-0.2, 0) is 17.6 Å². The van der Waals surface area contributed by atoms with Gasteiger partial charge in [0.1, 0.15) is 0 Å². The fraction of sp³-hybridized carbons (Fsp3) is 0.429. The molecule has 0 unspecified atom stereocenters. The molecule has 0 aromatic heterocycles. The third-order valence-electron chi connectivity index (χ3n) is 3.28. The molecule has 94 valence electrons. The molecule has 4 heteroatoms. The molecule has 0 saturated carbocycles. The van der Waals surface area contributed by atoms with Crippen LogP contribution in [-0.4, -0.2) is 26.0 Å². The van der Waals surface area contributed by atoms with Crippen molar-refractivity contribution >= 4 is 11.6 Å². The van der Waals surface area contributed by atoms with Crippen LogP contribution in [0.2, 0.25) is 0 Å². The first kappa shape index (κ1) is 12.6. The van der Waals surface area contributed by atoms with E-state index < -0.39 is 0 Å². The summed E-state index contributed by atoms with van der Waals surface area (Å²) in [5, 5.41) is 11.5. The van der Waals surface area contributed by atoms with Gasteiger partial charge in [-0.25, -0.2) is 0 Å². The zero-order valence-electron chi connectivity index (χ0n) is 10.6. The van der Waals surface area contributed by atoms with Crippen molar-refractivity contribution in [2.75, 3.05) is 25.0 Å². The molecule has 0 saturated heterocycles. The SMILES string of the molecule is CN1C(=O)CCc2cc(CCNCC#N)ccc21. The van der Waals surface area contributed by atoms with Crippen LogP contribution in [0.3, 0.4) is 0 Å². The quantitative estimate of drug-likeness (QED) is 0.639. The Bertz CT molecular complexity index is 490. The molecule has 1 aliphatic heterocycles. The summed E-state index contributed by atoms with van der Waals surface area (Å²) in [6, 6.07) is 8.31. The van der Waals surface area contributed by atoms with Crippen molar-refractivity contribution in [3.05, 3.63) is 29.3 Å². The van der Waals surface area contributed by atoms with Gasteiger partial charge in [-0.1, -0.05) is 12.1 Å². The minimum Gasteiger partial charge on any atom is -0.315 e.